The minimum atomic E-state index is -0.394. The third kappa shape index (κ3) is 5.72. The van der Waals surface area contributed by atoms with Crippen LogP contribution in [-0.2, 0) is 11.3 Å². The van der Waals surface area contributed by atoms with Gasteiger partial charge in [-0.15, -0.1) is 0 Å². The summed E-state index contributed by atoms with van der Waals surface area (Å²) in [5, 5.41) is 11.7. The summed E-state index contributed by atoms with van der Waals surface area (Å²) in [5.74, 6) is 2.76. The van der Waals surface area contributed by atoms with Gasteiger partial charge in [0.25, 0.3) is 5.91 Å². The van der Waals surface area contributed by atoms with Crippen LogP contribution in [0.1, 0.15) is 72.0 Å². The lowest BCUT2D eigenvalue weighted by atomic mass is 9.90. The Kier molecular flexibility index (Phi) is 7.82. The molecule has 274 valence electrons. The van der Waals surface area contributed by atoms with E-state index in [1.807, 2.05) is 43.3 Å². The lowest BCUT2D eigenvalue weighted by Gasteiger charge is -2.34. The lowest BCUT2D eigenvalue weighted by Crippen LogP contribution is -2.35. The average Bonchev–Trinajstić information content (AvgIpc) is 3.73. The van der Waals surface area contributed by atoms with Crippen LogP contribution < -0.4 is 15.0 Å². The molecule has 6 aromatic rings. The lowest BCUT2D eigenvalue weighted by molar-refractivity contribution is 0.102. The molecule has 4 atom stereocenters. The number of piperidine rings is 1. The molecular formula is C42H39ClFN7O3. The third-order valence-corrected chi connectivity index (χ3v) is 12.2. The predicted molar refractivity (Wildman–Crippen MR) is 207 cm³/mol. The molecule has 2 N–H and O–H groups in total. The number of carbonyl (C=O) groups excluding carboxylic acids is 1. The van der Waals surface area contributed by atoms with Crippen LogP contribution in [0.15, 0.2) is 79.4 Å². The van der Waals surface area contributed by atoms with E-state index in [-0.39, 0.29) is 24.0 Å². The molecule has 2 aliphatic carbocycles. The van der Waals surface area contributed by atoms with Gasteiger partial charge in [0.15, 0.2) is 0 Å². The molecule has 3 aromatic heterocycles. The Morgan fingerprint density at radius 2 is 1.98 bits per heavy atom. The van der Waals surface area contributed by atoms with Crippen LogP contribution >= 0.6 is 11.6 Å². The van der Waals surface area contributed by atoms with Crippen LogP contribution in [0.2, 0.25) is 5.02 Å². The molecule has 0 bridgehead atoms. The number of carbonyl (C=O) groups is 1. The number of pyridine rings is 1. The second-order valence-electron chi connectivity index (χ2n) is 15.4. The molecule has 2 saturated heterocycles. The molecular weight excluding hydrogens is 705 g/mol. The van der Waals surface area contributed by atoms with Gasteiger partial charge in [-0.2, -0.15) is 10.1 Å². The molecule has 0 radical (unpaired) electrons. The number of aromatic amines is 1. The number of imidazole rings is 1. The maximum atomic E-state index is 14.3. The van der Waals surface area contributed by atoms with E-state index in [2.05, 4.69) is 37.6 Å². The zero-order chi connectivity index (χ0) is 36.7. The van der Waals surface area contributed by atoms with Crippen LogP contribution in [0.4, 0.5) is 15.9 Å². The van der Waals surface area contributed by atoms with Gasteiger partial charge in [-0.25, -0.2) is 9.37 Å². The van der Waals surface area contributed by atoms with Crippen molar-refractivity contribution in [2.45, 2.75) is 57.3 Å². The van der Waals surface area contributed by atoms with Crippen molar-refractivity contribution in [1.82, 2.24) is 24.7 Å². The smallest absolute Gasteiger partial charge is 0.255 e. The highest BCUT2D eigenvalue weighted by Crippen LogP contribution is 2.66. The van der Waals surface area contributed by atoms with Crippen LogP contribution in [0.3, 0.4) is 0 Å². The largest absolute Gasteiger partial charge is 0.473 e. The summed E-state index contributed by atoms with van der Waals surface area (Å²) in [6.07, 6.45) is 4.49. The summed E-state index contributed by atoms with van der Waals surface area (Å²) in [5.41, 5.74) is 6.32. The summed E-state index contributed by atoms with van der Waals surface area (Å²) in [7, 11) is 0. The number of hydrogen-bond acceptors (Lipinski definition) is 7. The minimum Gasteiger partial charge on any atom is -0.473 e. The Balaban J connectivity index is 0.860. The first-order valence-electron chi connectivity index (χ1n) is 18.6. The molecule has 4 fully saturated rings. The van der Waals surface area contributed by atoms with E-state index in [0.29, 0.717) is 45.6 Å². The van der Waals surface area contributed by atoms with Gasteiger partial charge in [0, 0.05) is 64.8 Å². The molecule has 10 rings (SSSR count). The Morgan fingerprint density at radius 3 is 2.78 bits per heavy atom. The van der Waals surface area contributed by atoms with Gasteiger partial charge in [0.1, 0.15) is 24.1 Å². The van der Waals surface area contributed by atoms with Crippen molar-refractivity contribution in [2.24, 2.45) is 11.3 Å². The fourth-order valence-electron chi connectivity index (χ4n) is 8.90. The van der Waals surface area contributed by atoms with E-state index in [1.165, 1.54) is 6.07 Å². The number of anilines is 2. The maximum absolute atomic E-state index is 14.3. The molecule has 4 aliphatic rings. The number of amides is 1. The summed E-state index contributed by atoms with van der Waals surface area (Å²) in [6.45, 7) is 8.59. The highest BCUT2D eigenvalue weighted by Gasteiger charge is 2.61. The van der Waals surface area contributed by atoms with Crippen LogP contribution in [0.25, 0.3) is 27.5 Å². The van der Waals surface area contributed by atoms with Gasteiger partial charge >= 0.3 is 0 Å². The Bertz CT molecular complexity index is 2480. The quantitative estimate of drug-likeness (QED) is 0.153. The number of halogens is 2. The highest BCUT2D eigenvalue weighted by atomic mass is 35.5. The summed E-state index contributed by atoms with van der Waals surface area (Å²) >= 11 is 5.91. The SMILES string of the molecule is C=C(C)c1n[nH]c2ccc(C(=O)Nc3ccc4c(c3)nc(C3CC35CCN(c3cccc(OCc6ccc(Cl)cc6F)n3)CC5)n4[C@H]3C4CCOC43)cc12. The summed E-state index contributed by atoms with van der Waals surface area (Å²) in [4.78, 5) is 25.9. The first-order chi connectivity index (χ1) is 26.2. The molecule has 10 nitrogen and oxygen atoms in total. The van der Waals surface area contributed by atoms with E-state index in [9.17, 15) is 9.18 Å². The molecule has 2 saturated carbocycles. The molecule has 54 heavy (non-hydrogen) atoms. The molecule has 2 aliphatic heterocycles. The number of hydrogen-bond donors (Lipinski definition) is 2. The van der Waals surface area contributed by atoms with E-state index in [4.69, 9.17) is 31.0 Å². The first kappa shape index (κ1) is 33.3. The zero-order valence-electron chi connectivity index (χ0n) is 29.8. The molecule has 5 heterocycles. The van der Waals surface area contributed by atoms with Crippen molar-refractivity contribution >= 4 is 56.5 Å². The van der Waals surface area contributed by atoms with Gasteiger partial charge < -0.3 is 24.3 Å². The second-order valence-corrected chi connectivity index (χ2v) is 15.8. The van der Waals surface area contributed by atoms with E-state index in [0.717, 1.165) is 90.2 Å². The number of aromatic nitrogens is 5. The van der Waals surface area contributed by atoms with Crippen molar-refractivity contribution in [1.29, 1.82) is 0 Å². The van der Waals surface area contributed by atoms with Crippen molar-refractivity contribution in [2.75, 3.05) is 29.9 Å². The molecule has 1 amide bonds. The second kappa shape index (κ2) is 12.7. The number of nitrogens with one attached hydrogen (secondary N) is 2. The predicted octanol–water partition coefficient (Wildman–Crippen LogP) is 8.70. The Labute approximate surface area is 316 Å². The van der Waals surface area contributed by atoms with Crippen LogP contribution in [0.5, 0.6) is 5.88 Å². The summed E-state index contributed by atoms with van der Waals surface area (Å²) in [6, 6.07) is 22.3. The van der Waals surface area contributed by atoms with Gasteiger partial charge in [0.2, 0.25) is 5.88 Å². The molecule has 3 unspecified atom stereocenters. The van der Waals surface area contributed by atoms with Gasteiger partial charge in [-0.05, 0) is 98.2 Å². The number of fused-ring (bicyclic) bond motifs is 3. The van der Waals surface area contributed by atoms with E-state index < -0.39 is 5.82 Å². The van der Waals surface area contributed by atoms with Crippen LogP contribution in [0, 0.1) is 17.2 Å². The molecule has 12 heteroatoms. The fourth-order valence-corrected chi connectivity index (χ4v) is 9.06. The topological polar surface area (TPSA) is 110 Å². The maximum Gasteiger partial charge on any atom is 0.255 e. The number of rotatable bonds is 9. The Hall–Kier alpha value is -5.26. The van der Waals surface area contributed by atoms with Crippen LogP contribution in [-0.4, -0.2) is 56.4 Å². The number of allylic oxidation sites excluding steroid dienone is 1. The van der Waals surface area contributed by atoms with Crippen molar-refractivity contribution in [3.05, 3.63) is 113 Å². The monoisotopic (exact) mass is 743 g/mol. The van der Waals surface area contributed by atoms with Gasteiger partial charge in [0.05, 0.1) is 34.4 Å². The number of nitrogens with zero attached hydrogens (tertiary/aromatic N) is 5. The first-order valence-corrected chi connectivity index (χ1v) is 19.0. The van der Waals surface area contributed by atoms with Gasteiger partial charge in [-0.3, -0.25) is 9.89 Å². The number of benzene rings is 3. The van der Waals surface area contributed by atoms with Crippen molar-refractivity contribution < 1.29 is 18.7 Å². The molecule has 1 spiro atoms. The minimum absolute atomic E-state index is 0.0751. The van der Waals surface area contributed by atoms with Crippen molar-refractivity contribution in [3.8, 4) is 5.88 Å². The summed E-state index contributed by atoms with van der Waals surface area (Å²) < 4.78 is 28.8. The van der Waals surface area contributed by atoms with E-state index >= 15 is 0 Å². The highest BCUT2D eigenvalue weighted by molar-refractivity contribution is 6.30. The molecule has 3 aromatic carbocycles. The standard InChI is InChI=1S/C42H39ClFN7O3/c1-23(2)37-29-18-24(7-10-32(29)48-49-37)41(52)45-27-9-11-34-33(20-27)46-40(51(34)38-28-12-17-53-39(28)38)30-21-42(30)13-15-50(16-14-42)35-4-3-5-36(47-35)54-22-25-6-8-26(43)19-31(25)44/h3-11,18-20,28,30,38-39H,1,12-17,21-22H2,2H3,(H,45,52)(H,48,49)/t28?,30?,38-,39?/m0/s1. The van der Waals surface area contributed by atoms with Gasteiger partial charge in [-0.1, -0.05) is 30.3 Å². The number of H-pyrrole nitrogens is 1. The fraction of sp³-hybridized carbons (Fsp3) is 0.333. The number of ether oxygens (including phenoxy) is 2. The average molecular weight is 744 g/mol. The zero-order valence-corrected chi connectivity index (χ0v) is 30.6. The normalized spacial score (nSPS) is 22.5. The third-order valence-electron chi connectivity index (χ3n) is 12.0. The van der Waals surface area contributed by atoms with E-state index in [1.54, 1.807) is 24.3 Å². The Morgan fingerprint density at radius 1 is 1.11 bits per heavy atom. The van der Waals surface area contributed by atoms with Crippen molar-refractivity contribution in [3.63, 3.8) is 0 Å².